The molecule has 6 aliphatic rings. The molecular weight excluding hydrogens is 591 g/mol. The normalized spacial score (nSPS) is 31.3. The molecule has 0 heterocycles. The van der Waals surface area contributed by atoms with Crippen molar-refractivity contribution in [1.29, 1.82) is 0 Å². The van der Waals surface area contributed by atoms with Crippen LogP contribution in [0, 0.1) is 29.1 Å². The fraction of sp³-hybridized carbons (Fsp3) is 0.375. The van der Waals surface area contributed by atoms with Gasteiger partial charge < -0.3 is 4.90 Å². The summed E-state index contributed by atoms with van der Waals surface area (Å²) in [6, 6.07) is 44.5. The van der Waals surface area contributed by atoms with Crippen molar-refractivity contribution in [2.24, 2.45) is 29.1 Å². The average molecular weight is 638 g/mol. The second-order valence-electron chi connectivity index (χ2n) is 18.0. The Morgan fingerprint density at radius 1 is 0.531 bits per heavy atom. The van der Waals surface area contributed by atoms with Crippen molar-refractivity contribution in [3.8, 4) is 22.3 Å². The van der Waals surface area contributed by atoms with Crippen LogP contribution in [-0.2, 0) is 16.2 Å². The molecule has 6 aliphatic carbocycles. The number of rotatable bonds is 4. The second kappa shape index (κ2) is 9.36. The number of nitrogens with zero attached hydrogens (tertiary/aromatic N) is 1. The van der Waals surface area contributed by atoms with Crippen LogP contribution in [0.4, 0.5) is 17.1 Å². The van der Waals surface area contributed by atoms with Crippen LogP contribution in [0.3, 0.4) is 0 Å². The third-order valence-electron chi connectivity index (χ3n) is 15.2. The highest BCUT2D eigenvalue weighted by atomic mass is 15.2. The molecule has 1 nitrogen and oxygen atoms in total. The molecule has 4 fully saturated rings. The summed E-state index contributed by atoms with van der Waals surface area (Å²) in [6.07, 6.45) is 8.25. The van der Waals surface area contributed by atoms with Gasteiger partial charge in [-0.25, -0.2) is 0 Å². The lowest BCUT2D eigenvalue weighted by Crippen LogP contribution is -2.73. The molecule has 0 aromatic heterocycles. The first kappa shape index (κ1) is 28.7. The lowest BCUT2D eigenvalue weighted by Gasteiger charge is -2.76. The van der Waals surface area contributed by atoms with Crippen molar-refractivity contribution in [2.45, 2.75) is 82.5 Å². The smallest absolute Gasteiger partial charge is 0.0509 e. The maximum Gasteiger partial charge on any atom is 0.0509 e. The SMILES string of the molecule is CC1(C)CCC(C)(C)c2c(N(c3ccc(-c4ccccc4)cc3)c3cccc4c3C3(c5ccccc5-4)C4CC5CC6CC3C64C5)cccc21. The Kier molecular flexibility index (Phi) is 5.49. The Balaban J connectivity index is 1.18. The number of hydrogen-bond acceptors (Lipinski definition) is 1. The lowest BCUT2D eigenvalue weighted by molar-refractivity contribution is -0.231. The third kappa shape index (κ3) is 3.38. The number of fused-ring (bicyclic) bond motifs is 9. The highest BCUT2D eigenvalue weighted by molar-refractivity contribution is 5.93. The second-order valence-corrected chi connectivity index (χ2v) is 18.0. The van der Waals surface area contributed by atoms with E-state index in [4.69, 9.17) is 0 Å². The molecule has 5 aromatic carbocycles. The van der Waals surface area contributed by atoms with Crippen molar-refractivity contribution in [3.05, 3.63) is 138 Å². The number of hydrogen-bond donors (Lipinski definition) is 0. The van der Waals surface area contributed by atoms with Crippen molar-refractivity contribution in [3.63, 3.8) is 0 Å². The van der Waals surface area contributed by atoms with Crippen LogP contribution in [-0.4, -0.2) is 0 Å². The van der Waals surface area contributed by atoms with Gasteiger partial charge in [-0.05, 0) is 147 Å². The first-order chi connectivity index (χ1) is 23.7. The van der Waals surface area contributed by atoms with Gasteiger partial charge in [0.2, 0.25) is 0 Å². The van der Waals surface area contributed by atoms with E-state index in [2.05, 4.69) is 148 Å². The molecule has 0 saturated heterocycles. The van der Waals surface area contributed by atoms with Gasteiger partial charge in [-0.2, -0.15) is 0 Å². The lowest BCUT2D eigenvalue weighted by atomic mass is 9.26. The van der Waals surface area contributed by atoms with Crippen LogP contribution in [0.1, 0.15) is 88.5 Å². The Morgan fingerprint density at radius 2 is 1.16 bits per heavy atom. The molecule has 5 aromatic rings. The first-order valence-corrected chi connectivity index (χ1v) is 19.1. The molecule has 2 bridgehead atoms. The van der Waals surface area contributed by atoms with Crippen LogP contribution >= 0.6 is 0 Å². The summed E-state index contributed by atoms with van der Waals surface area (Å²) in [5, 5.41) is 0. The molecule has 4 saturated carbocycles. The minimum Gasteiger partial charge on any atom is -0.310 e. The van der Waals surface area contributed by atoms with Crippen LogP contribution in [0.15, 0.2) is 115 Å². The minimum atomic E-state index is 0.0780. The van der Waals surface area contributed by atoms with Crippen LogP contribution < -0.4 is 4.90 Å². The van der Waals surface area contributed by atoms with Crippen molar-refractivity contribution >= 4 is 17.1 Å². The summed E-state index contributed by atoms with van der Waals surface area (Å²) in [4.78, 5) is 2.72. The maximum atomic E-state index is 2.72. The Bertz CT molecular complexity index is 2170. The van der Waals surface area contributed by atoms with Crippen molar-refractivity contribution < 1.29 is 0 Å². The van der Waals surface area contributed by atoms with E-state index in [0.29, 0.717) is 5.41 Å². The third-order valence-corrected chi connectivity index (χ3v) is 15.2. The molecule has 0 aliphatic heterocycles. The molecule has 1 heteroatoms. The summed E-state index contributed by atoms with van der Waals surface area (Å²) in [7, 11) is 0. The molecule has 6 unspecified atom stereocenters. The molecule has 0 amide bonds. The summed E-state index contributed by atoms with van der Waals surface area (Å²) in [5.74, 6) is 3.46. The summed E-state index contributed by atoms with van der Waals surface area (Å²) < 4.78 is 0. The van der Waals surface area contributed by atoms with E-state index in [9.17, 15) is 0 Å². The largest absolute Gasteiger partial charge is 0.310 e. The van der Waals surface area contributed by atoms with Gasteiger partial charge in [0, 0.05) is 11.1 Å². The highest BCUT2D eigenvalue weighted by Crippen LogP contribution is 2.90. The monoisotopic (exact) mass is 637 g/mol. The fourth-order valence-corrected chi connectivity index (χ4v) is 13.3. The van der Waals surface area contributed by atoms with E-state index in [1.807, 2.05) is 0 Å². The first-order valence-electron chi connectivity index (χ1n) is 19.1. The predicted molar refractivity (Wildman–Crippen MR) is 203 cm³/mol. The Hall–Kier alpha value is -4.10. The van der Waals surface area contributed by atoms with E-state index >= 15 is 0 Å². The minimum absolute atomic E-state index is 0.0780. The molecule has 11 rings (SSSR count). The summed E-state index contributed by atoms with van der Waals surface area (Å²) in [5.41, 5.74) is 16.9. The van der Waals surface area contributed by atoms with Crippen LogP contribution in [0.2, 0.25) is 0 Å². The molecule has 49 heavy (non-hydrogen) atoms. The zero-order valence-electron chi connectivity index (χ0n) is 29.5. The Morgan fingerprint density at radius 3 is 1.96 bits per heavy atom. The van der Waals surface area contributed by atoms with E-state index in [1.165, 1.54) is 89.0 Å². The van der Waals surface area contributed by atoms with Crippen molar-refractivity contribution in [1.82, 2.24) is 0 Å². The molecular formula is C48H47N. The summed E-state index contributed by atoms with van der Waals surface area (Å²) in [6.45, 7) is 9.91. The zero-order chi connectivity index (χ0) is 32.9. The van der Waals surface area contributed by atoms with Gasteiger partial charge in [0.15, 0.2) is 0 Å². The van der Waals surface area contributed by atoms with Gasteiger partial charge >= 0.3 is 0 Å². The van der Waals surface area contributed by atoms with E-state index in [1.54, 1.807) is 11.1 Å². The Labute approximate surface area is 292 Å². The van der Waals surface area contributed by atoms with Crippen molar-refractivity contribution in [2.75, 3.05) is 4.90 Å². The van der Waals surface area contributed by atoms with Gasteiger partial charge in [0.1, 0.15) is 0 Å². The molecule has 0 radical (unpaired) electrons. The summed E-state index contributed by atoms with van der Waals surface area (Å²) >= 11 is 0. The van der Waals surface area contributed by atoms with Gasteiger partial charge in [-0.1, -0.05) is 119 Å². The highest BCUT2D eigenvalue weighted by Gasteiger charge is 2.84. The van der Waals surface area contributed by atoms with E-state index in [-0.39, 0.29) is 16.2 Å². The van der Waals surface area contributed by atoms with Crippen LogP contribution in [0.25, 0.3) is 22.3 Å². The molecule has 2 spiro atoms. The van der Waals surface area contributed by atoms with Gasteiger partial charge in [0.25, 0.3) is 0 Å². The zero-order valence-corrected chi connectivity index (χ0v) is 29.5. The quantitative estimate of drug-likeness (QED) is 0.189. The number of anilines is 3. The molecule has 244 valence electrons. The molecule has 6 atom stereocenters. The topological polar surface area (TPSA) is 3.24 Å². The standard InChI is InChI=1S/C48H47N/c1-45(2)24-25-46(3,4)44-38(45)17-11-19-40(44)49(34-22-20-32(21-23-34)31-12-6-5-7-13-31)39-18-10-15-36-35-14-8-9-16-37(35)48(43(36)39)41-27-30-26-33-28-42(48)47(33,41)29-30/h5-23,30,33,41-42H,24-29H2,1-4H3. The van der Waals surface area contributed by atoms with E-state index < -0.39 is 0 Å². The van der Waals surface area contributed by atoms with Gasteiger partial charge in [-0.3, -0.25) is 0 Å². The van der Waals surface area contributed by atoms with Gasteiger partial charge in [-0.15, -0.1) is 0 Å². The average Bonchev–Trinajstić information content (AvgIpc) is 3.75. The fourth-order valence-electron chi connectivity index (χ4n) is 13.3. The molecule has 0 N–H and O–H groups in total. The van der Waals surface area contributed by atoms with E-state index in [0.717, 1.165) is 23.7 Å². The maximum absolute atomic E-state index is 2.72. The predicted octanol–water partition coefficient (Wildman–Crippen LogP) is 12.5. The number of benzene rings is 5. The van der Waals surface area contributed by atoms with Crippen LogP contribution in [0.5, 0.6) is 0 Å². The van der Waals surface area contributed by atoms with Gasteiger partial charge in [0.05, 0.1) is 11.4 Å².